The van der Waals surface area contributed by atoms with Crippen molar-refractivity contribution in [3.63, 3.8) is 0 Å². The highest BCUT2D eigenvalue weighted by Crippen LogP contribution is 2.40. The molecule has 1 aliphatic rings. The summed E-state index contributed by atoms with van der Waals surface area (Å²) in [4.78, 5) is 8.84. The minimum absolute atomic E-state index is 0.280. The van der Waals surface area contributed by atoms with Gasteiger partial charge in [0.1, 0.15) is 12.7 Å². The zero-order chi connectivity index (χ0) is 18.7. The van der Waals surface area contributed by atoms with Crippen molar-refractivity contribution in [1.29, 1.82) is 0 Å². The van der Waals surface area contributed by atoms with E-state index in [0.717, 1.165) is 37.0 Å². The van der Waals surface area contributed by atoms with E-state index in [1.165, 1.54) is 11.8 Å². The minimum atomic E-state index is 0.280. The second-order valence-corrected chi connectivity index (χ2v) is 8.44. The molecule has 0 N–H and O–H groups in total. The fourth-order valence-corrected chi connectivity index (χ4v) is 4.24. The lowest BCUT2D eigenvalue weighted by molar-refractivity contribution is -0.0435. The number of fused-ring (bicyclic) bond motifs is 1. The number of hydrogen-bond donors (Lipinski definition) is 0. The number of nitrogens with zero attached hydrogens (tertiary/aromatic N) is 4. The Hall–Kier alpha value is -2.27. The smallest absolute Gasteiger partial charge is 0.137 e. The highest BCUT2D eigenvalue weighted by molar-refractivity contribution is 5.78. The van der Waals surface area contributed by atoms with Gasteiger partial charge in [-0.25, -0.2) is 4.98 Å². The molecule has 1 aliphatic carbocycles. The molecule has 0 aliphatic heterocycles. The minimum Gasteiger partial charge on any atom is -0.377 e. The van der Waals surface area contributed by atoms with Gasteiger partial charge in [0.05, 0.1) is 18.2 Å². The fraction of sp³-hybridized carbons (Fsp3) is 0.500. The average Bonchev–Trinajstić information content (AvgIpc) is 3.16. The summed E-state index contributed by atoms with van der Waals surface area (Å²) in [6.45, 7) is 6.31. The third-order valence-corrected chi connectivity index (χ3v) is 5.68. The molecule has 5 nitrogen and oxygen atoms in total. The van der Waals surface area contributed by atoms with Crippen molar-refractivity contribution in [3.05, 3.63) is 54.7 Å². The summed E-state index contributed by atoms with van der Waals surface area (Å²) in [5.41, 5.74) is 2.52. The van der Waals surface area contributed by atoms with Crippen molar-refractivity contribution in [3.8, 4) is 0 Å². The molecule has 5 heteroatoms. The van der Waals surface area contributed by atoms with Crippen molar-refractivity contribution < 1.29 is 4.74 Å². The van der Waals surface area contributed by atoms with Crippen molar-refractivity contribution in [2.24, 2.45) is 11.3 Å². The van der Waals surface area contributed by atoms with E-state index in [-0.39, 0.29) is 6.10 Å². The Labute approximate surface area is 160 Å². The Morgan fingerprint density at radius 1 is 1.19 bits per heavy atom. The molecule has 1 fully saturated rings. The molecule has 0 radical (unpaired) electrons. The molecule has 0 unspecified atom stereocenters. The van der Waals surface area contributed by atoms with Crippen LogP contribution in [-0.2, 0) is 17.7 Å². The standard InChI is InChI=1S/C22H28N4O/c1-22(2)11-9-21(18(13-22)14-26-16-23-15-24-26)27-12-10-19-8-7-17-5-3-4-6-20(17)25-19/h3-8,15-16,18,21H,9-14H2,1-2H3/t18-,21+/m0/s1. The molecule has 4 rings (SSSR count). The zero-order valence-electron chi connectivity index (χ0n) is 16.2. The number of benzene rings is 1. The van der Waals surface area contributed by atoms with E-state index in [4.69, 9.17) is 9.72 Å². The first kappa shape index (κ1) is 18.1. The molecule has 0 saturated heterocycles. The number of para-hydroxylation sites is 1. The van der Waals surface area contributed by atoms with Crippen LogP contribution in [0.15, 0.2) is 49.1 Å². The van der Waals surface area contributed by atoms with Crippen LogP contribution in [0, 0.1) is 11.3 Å². The molecular formula is C22H28N4O. The quantitative estimate of drug-likeness (QED) is 0.655. The van der Waals surface area contributed by atoms with Gasteiger partial charge in [0.2, 0.25) is 0 Å². The largest absolute Gasteiger partial charge is 0.377 e. The Morgan fingerprint density at radius 3 is 2.93 bits per heavy atom. The van der Waals surface area contributed by atoms with Gasteiger partial charge in [-0.15, -0.1) is 0 Å². The van der Waals surface area contributed by atoms with Gasteiger partial charge in [0.25, 0.3) is 0 Å². The SMILES string of the molecule is CC1(C)CC[C@@H](OCCc2ccc3ccccc3n2)[C@H](Cn2cncn2)C1. The third-order valence-electron chi connectivity index (χ3n) is 5.68. The molecule has 3 aromatic rings. The second-order valence-electron chi connectivity index (χ2n) is 8.44. The van der Waals surface area contributed by atoms with E-state index in [1.807, 2.05) is 16.8 Å². The predicted molar refractivity (Wildman–Crippen MR) is 106 cm³/mol. The van der Waals surface area contributed by atoms with E-state index in [0.29, 0.717) is 17.9 Å². The first-order chi connectivity index (χ1) is 13.1. The van der Waals surface area contributed by atoms with Gasteiger partial charge in [0, 0.05) is 30.0 Å². The lowest BCUT2D eigenvalue weighted by Gasteiger charge is -2.40. The molecule has 27 heavy (non-hydrogen) atoms. The Morgan fingerprint density at radius 2 is 2.07 bits per heavy atom. The van der Waals surface area contributed by atoms with E-state index in [2.05, 4.69) is 48.2 Å². The summed E-state index contributed by atoms with van der Waals surface area (Å²) in [5.74, 6) is 0.472. The van der Waals surface area contributed by atoms with Gasteiger partial charge in [0.15, 0.2) is 0 Å². The zero-order valence-corrected chi connectivity index (χ0v) is 16.2. The summed E-state index contributed by atoms with van der Waals surface area (Å²) in [6, 6.07) is 12.5. The first-order valence-electron chi connectivity index (χ1n) is 9.88. The molecule has 0 bridgehead atoms. The van der Waals surface area contributed by atoms with E-state index in [1.54, 1.807) is 12.7 Å². The molecule has 2 heterocycles. The summed E-state index contributed by atoms with van der Waals surface area (Å²) in [5, 5.41) is 5.47. The molecule has 0 spiro atoms. The van der Waals surface area contributed by atoms with Crippen LogP contribution in [0.5, 0.6) is 0 Å². The second kappa shape index (κ2) is 7.77. The van der Waals surface area contributed by atoms with Gasteiger partial charge in [-0.05, 0) is 36.8 Å². The summed E-state index contributed by atoms with van der Waals surface area (Å²) >= 11 is 0. The Kier molecular flexibility index (Phi) is 5.21. The molecule has 1 saturated carbocycles. The Balaban J connectivity index is 1.37. The molecular weight excluding hydrogens is 336 g/mol. The summed E-state index contributed by atoms with van der Waals surface area (Å²) in [6.07, 6.45) is 8.01. The number of rotatable bonds is 6. The van der Waals surface area contributed by atoms with Crippen molar-refractivity contribution in [2.75, 3.05) is 6.61 Å². The predicted octanol–water partition coefficient (Wildman–Crippen LogP) is 4.28. The molecule has 1 aromatic carbocycles. The van der Waals surface area contributed by atoms with Gasteiger partial charge in [-0.1, -0.05) is 38.1 Å². The van der Waals surface area contributed by atoms with Gasteiger partial charge in [-0.3, -0.25) is 9.67 Å². The van der Waals surface area contributed by atoms with Crippen LogP contribution in [0.25, 0.3) is 10.9 Å². The van der Waals surface area contributed by atoms with Gasteiger partial charge >= 0.3 is 0 Å². The molecule has 2 aromatic heterocycles. The summed E-state index contributed by atoms with van der Waals surface area (Å²) < 4.78 is 8.29. The van der Waals surface area contributed by atoms with Crippen molar-refractivity contribution >= 4 is 10.9 Å². The van der Waals surface area contributed by atoms with Crippen LogP contribution in [0.1, 0.15) is 38.8 Å². The normalized spacial score (nSPS) is 22.1. The highest BCUT2D eigenvalue weighted by Gasteiger charge is 2.35. The monoisotopic (exact) mass is 364 g/mol. The maximum Gasteiger partial charge on any atom is 0.137 e. The topological polar surface area (TPSA) is 52.8 Å². The van der Waals surface area contributed by atoms with E-state index < -0.39 is 0 Å². The van der Waals surface area contributed by atoms with Crippen molar-refractivity contribution in [1.82, 2.24) is 19.7 Å². The van der Waals surface area contributed by atoms with E-state index in [9.17, 15) is 0 Å². The van der Waals surface area contributed by atoms with Crippen LogP contribution in [0.3, 0.4) is 0 Å². The third kappa shape index (κ3) is 4.53. The van der Waals surface area contributed by atoms with Crippen LogP contribution < -0.4 is 0 Å². The maximum atomic E-state index is 6.35. The van der Waals surface area contributed by atoms with Crippen LogP contribution in [0.4, 0.5) is 0 Å². The van der Waals surface area contributed by atoms with Crippen LogP contribution in [0.2, 0.25) is 0 Å². The Bertz CT molecular complexity index is 875. The van der Waals surface area contributed by atoms with Gasteiger partial charge in [-0.2, -0.15) is 5.10 Å². The number of pyridine rings is 1. The van der Waals surface area contributed by atoms with Crippen molar-refractivity contribution in [2.45, 2.75) is 52.2 Å². The van der Waals surface area contributed by atoms with E-state index >= 15 is 0 Å². The average molecular weight is 364 g/mol. The lowest BCUT2D eigenvalue weighted by atomic mass is 9.71. The maximum absolute atomic E-state index is 6.35. The number of hydrogen-bond acceptors (Lipinski definition) is 4. The number of aromatic nitrogens is 4. The highest BCUT2D eigenvalue weighted by atomic mass is 16.5. The molecule has 2 atom stereocenters. The lowest BCUT2D eigenvalue weighted by Crippen LogP contribution is -2.38. The number of ether oxygens (including phenoxy) is 1. The fourth-order valence-electron chi connectivity index (χ4n) is 4.24. The molecule has 142 valence electrons. The van der Waals surface area contributed by atoms with Crippen LogP contribution >= 0.6 is 0 Å². The van der Waals surface area contributed by atoms with Crippen LogP contribution in [-0.4, -0.2) is 32.5 Å². The molecule has 0 amide bonds. The first-order valence-corrected chi connectivity index (χ1v) is 9.88. The summed E-state index contributed by atoms with van der Waals surface area (Å²) in [7, 11) is 0. The van der Waals surface area contributed by atoms with Gasteiger partial charge < -0.3 is 4.74 Å².